The first-order chi connectivity index (χ1) is 7.22. The molecule has 16 heavy (non-hydrogen) atoms. The number of hydrogen-bond acceptors (Lipinski definition) is 3. The maximum atomic E-state index is 12.1. The van der Waals surface area contributed by atoms with Crippen LogP contribution in [-0.4, -0.2) is 50.2 Å². The van der Waals surface area contributed by atoms with Crippen LogP contribution >= 0.6 is 12.4 Å². The lowest BCUT2D eigenvalue weighted by atomic mass is 9.88. The smallest absolute Gasteiger partial charge is 0.228 e. The van der Waals surface area contributed by atoms with Gasteiger partial charge < -0.3 is 15.0 Å². The largest absolute Gasteiger partial charge is 0.374 e. The van der Waals surface area contributed by atoms with E-state index in [2.05, 4.69) is 5.32 Å². The number of amides is 1. The van der Waals surface area contributed by atoms with E-state index in [-0.39, 0.29) is 30.3 Å². The molecule has 94 valence electrons. The first kappa shape index (κ1) is 13.7. The van der Waals surface area contributed by atoms with Gasteiger partial charge in [0, 0.05) is 20.1 Å². The van der Waals surface area contributed by atoms with Crippen molar-refractivity contribution in [1.82, 2.24) is 10.2 Å². The number of carbonyl (C=O) groups excluding carboxylic acids is 1. The predicted molar refractivity (Wildman–Crippen MR) is 64.8 cm³/mol. The second kappa shape index (κ2) is 5.84. The highest BCUT2D eigenvalue weighted by atomic mass is 35.5. The highest BCUT2D eigenvalue weighted by Crippen LogP contribution is 2.39. The molecule has 3 atom stereocenters. The third-order valence-electron chi connectivity index (χ3n) is 3.50. The molecule has 0 saturated carbocycles. The molecule has 2 rings (SSSR count). The molecule has 0 aromatic heterocycles. The Kier molecular flexibility index (Phi) is 5.02. The first-order valence-electron chi connectivity index (χ1n) is 5.77. The summed E-state index contributed by atoms with van der Waals surface area (Å²) < 4.78 is 5.70. The average molecular weight is 249 g/mol. The third-order valence-corrected chi connectivity index (χ3v) is 3.50. The van der Waals surface area contributed by atoms with Gasteiger partial charge in [-0.05, 0) is 26.3 Å². The van der Waals surface area contributed by atoms with Crippen molar-refractivity contribution in [3.63, 3.8) is 0 Å². The van der Waals surface area contributed by atoms with E-state index in [9.17, 15) is 4.79 Å². The summed E-state index contributed by atoms with van der Waals surface area (Å²) in [7, 11) is 3.78. The van der Waals surface area contributed by atoms with Gasteiger partial charge in [0.1, 0.15) is 0 Å². The standard InChI is InChI=1S/C11H20N2O2.ClH/c1-12-5-6-13(2)11(14)9-7-8-3-4-10(9)15-8;/h8-10,12H,3-7H2,1-2H3;1H. The Morgan fingerprint density at radius 1 is 1.50 bits per heavy atom. The van der Waals surface area contributed by atoms with Gasteiger partial charge >= 0.3 is 0 Å². The second-order valence-corrected chi connectivity index (χ2v) is 4.58. The minimum atomic E-state index is 0. The Morgan fingerprint density at radius 3 is 2.75 bits per heavy atom. The van der Waals surface area contributed by atoms with E-state index in [1.807, 2.05) is 19.0 Å². The van der Waals surface area contributed by atoms with Crippen LogP contribution in [0.1, 0.15) is 19.3 Å². The highest BCUT2D eigenvalue weighted by molar-refractivity contribution is 5.85. The van der Waals surface area contributed by atoms with Gasteiger partial charge in [-0.1, -0.05) is 0 Å². The number of hydrogen-bond donors (Lipinski definition) is 1. The zero-order valence-corrected chi connectivity index (χ0v) is 10.8. The molecule has 2 bridgehead atoms. The molecule has 4 nitrogen and oxygen atoms in total. The average Bonchev–Trinajstić information content (AvgIpc) is 2.86. The summed E-state index contributed by atoms with van der Waals surface area (Å²) in [6, 6.07) is 0. The Hall–Kier alpha value is -0.320. The Labute approximate surface area is 103 Å². The molecule has 1 N–H and O–H groups in total. The van der Waals surface area contributed by atoms with Gasteiger partial charge in [-0.15, -0.1) is 12.4 Å². The van der Waals surface area contributed by atoms with E-state index >= 15 is 0 Å². The first-order valence-corrected chi connectivity index (χ1v) is 5.77. The number of nitrogens with one attached hydrogen (secondary N) is 1. The van der Waals surface area contributed by atoms with E-state index in [1.165, 1.54) is 0 Å². The van der Waals surface area contributed by atoms with Gasteiger partial charge in [0.15, 0.2) is 0 Å². The monoisotopic (exact) mass is 248 g/mol. The van der Waals surface area contributed by atoms with E-state index in [0.717, 1.165) is 32.4 Å². The molecule has 2 fully saturated rings. The van der Waals surface area contributed by atoms with Crippen LogP contribution in [0.4, 0.5) is 0 Å². The molecule has 3 unspecified atom stereocenters. The summed E-state index contributed by atoms with van der Waals surface area (Å²) >= 11 is 0. The van der Waals surface area contributed by atoms with Crippen LogP contribution < -0.4 is 5.32 Å². The normalized spacial score (nSPS) is 31.2. The number of fused-ring (bicyclic) bond motifs is 2. The van der Waals surface area contributed by atoms with Crippen molar-refractivity contribution >= 4 is 18.3 Å². The molecular weight excluding hydrogens is 228 g/mol. The van der Waals surface area contributed by atoms with Gasteiger partial charge in [-0.3, -0.25) is 4.79 Å². The van der Waals surface area contributed by atoms with Gasteiger partial charge in [0.25, 0.3) is 0 Å². The van der Waals surface area contributed by atoms with E-state index in [1.54, 1.807) is 0 Å². The topological polar surface area (TPSA) is 41.6 Å². The van der Waals surface area contributed by atoms with Crippen molar-refractivity contribution < 1.29 is 9.53 Å². The van der Waals surface area contributed by atoms with Crippen LogP contribution in [0.5, 0.6) is 0 Å². The minimum absolute atomic E-state index is 0. The molecule has 5 heteroatoms. The summed E-state index contributed by atoms with van der Waals surface area (Å²) in [5, 5.41) is 3.05. The molecular formula is C11H21ClN2O2. The molecule has 0 aromatic carbocycles. The Balaban J connectivity index is 0.00000128. The maximum absolute atomic E-state index is 12.1. The molecule has 1 amide bonds. The molecule has 2 saturated heterocycles. The van der Waals surface area contributed by atoms with Crippen LogP contribution in [0.15, 0.2) is 0 Å². The Morgan fingerprint density at radius 2 is 2.25 bits per heavy atom. The molecule has 2 aliphatic heterocycles. The fraction of sp³-hybridized carbons (Fsp3) is 0.909. The van der Waals surface area contributed by atoms with Gasteiger partial charge in [0.2, 0.25) is 5.91 Å². The quantitative estimate of drug-likeness (QED) is 0.795. The SMILES string of the molecule is CNCCN(C)C(=O)C1CC2CCC1O2.Cl. The van der Waals surface area contributed by atoms with E-state index < -0.39 is 0 Å². The van der Waals surface area contributed by atoms with Crippen molar-refractivity contribution in [2.24, 2.45) is 5.92 Å². The zero-order valence-electron chi connectivity index (χ0n) is 9.94. The number of ether oxygens (including phenoxy) is 1. The summed E-state index contributed by atoms with van der Waals surface area (Å²) in [6.45, 7) is 1.63. The summed E-state index contributed by atoms with van der Waals surface area (Å²) in [5.74, 6) is 0.392. The summed E-state index contributed by atoms with van der Waals surface area (Å²) in [4.78, 5) is 13.9. The van der Waals surface area contributed by atoms with E-state index in [4.69, 9.17) is 4.74 Å². The van der Waals surface area contributed by atoms with Crippen LogP contribution in [0, 0.1) is 5.92 Å². The molecule has 0 spiro atoms. The Bertz CT molecular complexity index is 250. The van der Waals surface area contributed by atoms with Crippen molar-refractivity contribution in [2.75, 3.05) is 27.2 Å². The summed E-state index contributed by atoms with van der Waals surface area (Å²) in [6.07, 6.45) is 3.73. The lowest BCUT2D eigenvalue weighted by Gasteiger charge is -2.24. The van der Waals surface area contributed by atoms with Crippen LogP contribution in [0.2, 0.25) is 0 Å². The van der Waals surface area contributed by atoms with Crippen molar-refractivity contribution in [2.45, 2.75) is 31.5 Å². The van der Waals surface area contributed by atoms with E-state index in [0.29, 0.717) is 6.10 Å². The van der Waals surface area contributed by atoms with Crippen molar-refractivity contribution in [1.29, 1.82) is 0 Å². The highest BCUT2D eigenvalue weighted by Gasteiger charge is 2.45. The molecule has 0 aliphatic carbocycles. The predicted octanol–water partition coefficient (Wildman–Crippen LogP) is 0.653. The fourth-order valence-corrected chi connectivity index (χ4v) is 2.57. The molecule has 2 aliphatic rings. The molecule has 0 aromatic rings. The van der Waals surface area contributed by atoms with Gasteiger partial charge in [-0.2, -0.15) is 0 Å². The number of nitrogens with zero attached hydrogens (tertiary/aromatic N) is 1. The molecule has 2 heterocycles. The van der Waals surface area contributed by atoms with Crippen molar-refractivity contribution in [3.05, 3.63) is 0 Å². The van der Waals surface area contributed by atoms with Gasteiger partial charge in [-0.25, -0.2) is 0 Å². The zero-order chi connectivity index (χ0) is 10.8. The van der Waals surface area contributed by atoms with Crippen LogP contribution in [0.25, 0.3) is 0 Å². The van der Waals surface area contributed by atoms with Crippen LogP contribution in [-0.2, 0) is 9.53 Å². The number of halogens is 1. The molecule has 0 radical (unpaired) electrons. The number of carbonyl (C=O) groups is 1. The fourth-order valence-electron chi connectivity index (χ4n) is 2.57. The minimum Gasteiger partial charge on any atom is -0.374 e. The number of likely N-dealkylation sites (N-methyl/N-ethyl adjacent to an activating group) is 2. The summed E-state index contributed by atoms with van der Waals surface area (Å²) in [5.41, 5.74) is 0. The lowest BCUT2D eigenvalue weighted by molar-refractivity contribution is -0.135. The van der Waals surface area contributed by atoms with Crippen molar-refractivity contribution in [3.8, 4) is 0 Å². The third kappa shape index (κ3) is 2.67. The maximum Gasteiger partial charge on any atom is 0.228 e. The second-order valence-electron chi connectivity index (χ2n) is 4.58. The van der Waals surface area contributed by atoms with Crippen LogP contribution in [0.3, 0.4) is 0 Å². The number of rotatable bonds is 4. The van der Waals surface area contributed by atoms with Gasteiger partial charge in [0.05, 0.1) is 18.1 Å². The lowest BCUT2D eigenvalue weighted by Crippen LogP contribution is -2.40.